The number of benzene rings is 1. The molecule has 0 spiro atoms. The Morgan fingerprint density at radius 1 is 1.20 bits per heavy atom. The average Bonchev–Trinajstić information content (AvgIpc) is 2.80. The van der Waals surface area contributed by atoms with E-state index in [1.165, 1.54) is 0 Å². The molecular formula is C20H26O5. The first-order chi connectivity index (χ1) is 11.6. The SMILES string of the molecule is CC(C)c1cc2c(c(O)c1O)C13CCCC(C)(C)C1C(O)(OC3)C2=O. The van der Waals surface area contributed by atoms with Crippen LogP contribution in [0.2, 0.25) is 0 Å². The molecule has 3 atom stereocenters. The number of aromatic hydroxyl groups is 2. The van der Waals surface area contributed by atoms with Gasteiger partial charge in [0, 0.05) is 28.0 Å². The van der Waals surface area contributed by atoms with Crippen molar-refractivity contribution in [3.05, 3.63) is 22.8 Å². The van der Waals surface area contributed by atoms with Gasteiger partial charge in [-0.1, -0.05) is 34.1 Å². The topological polar surface area (TPSA) is 87.0 Å². The maximum absolute atomic E-state index is 13.2. The molecule has 0 aromatic heterocycles. The molecule has 2 aliphatic carbocycles. The second-order valence-corrected chi connectivity index (χ2v) is 8.99. The van der Waals surface area contributed by atoms with Crippen LogP contribution in [-0.4, -0.2) is 33.5 Å². The lowest BCUT2D eigenvalue weighted by atomic mass is 9.49. The van der Waals surface area contributed by atoms with Crippen molar-refractivity contribution in [3.63, 3.8) is 0 Å². The predicted octanol–water partition coefficient (Wildman–Crippen LogP) is 3.20. The molecule has 1 saturated carbocycles. The Hall–Kier alpha value is -1.59. The molecule has 1 aromatic carbocycles. The second kappa shape index (κ2) is 4.77. The molecular weight excluding hydrogens is 320 g/mol. The third kappa shape index (κ3) is 1.83. The van der Waals surface area contributed by atoms with E-state index in [9.17, 15) is 20.1 Å². The quantitative estimate of drug-likeness (QED) is 0.680. The van der Waals surface area contributed by atoms with E-state index in [1.54, 1.807) is 6.07 Å². The van der Waals surface area contributed by atoms with Gasteiger partial charge in [0.2, 0.25) is 11.6 Å². The van der Waals surface area contributed by atoms with E-state index in [2.05, 4.69) is 0 Å². The molecule has 2 fully saturated rings. The zero-order valence-corrected chi connectivity index (χ0v) is 15.2. The van der Waals surface area contributed by atoms with Gasteiger partial charge < -0.3 is 20.1 Å². The minimum absolute atomic E-state index is 0.0600. The standard InChI is InChI=1S/C20H26O5/c1-10(2)11-8-12-13(15(22)14(11)21)19-7-5-6-18(3,4)17(19)20(24,16(12)23)25-9-19/h8,10,17,21-22,24H,5-7,9H2,1-4H3. The Morgan fingerprint density at radius 3 is 2.52 bits per heavy atom. The number of carbonyl (C=O) groups excluding carboxylic acids is 1. The normalized spacial score (nSPS) is 35.6. The van der Waals surface area contributed by atoms with E-state index in [-0.39, 0.29) is 29.4 Å². The van der Waals surface area contributed by atoms with Crippen molar-refractivity contribution < 1.29 is 24.9 Å². The number of phenols is 2. The zero-order valence-electron chi connectivity index (χ0n) is 15.2. The number of carbonyl (C=O) groups is 1. The van der Waals surface area contributed by atoms with Gasteiger partial charge in [-0.15, -0.1) is 0 Å². The Bertz CT molecular complexity index is 781. The van der Waals surface area contributed by atoms with Crippen molar-refractivity contribution in [2.75, 3.05) is 6.61 Å². The minimum Gasteiger partial charge on any atom is -0.504 e. The Morgan fingerprint density at radius 2 is 1.88 bits per heavy atom. The lowest BCUT2D eigenvalue weighted by Gasteiger charge is -2.53. The average molecular weight is 346 g/mol. The number of hydrogen-bond donors (Lipinski definition) is 3. The van der Waals surface area contributed by atoms with Crippen molar-refractivity contribution in [1.29, 1.82) is 0 Å². The van der Waals surface area contributed by atoms with E-state index in [1.807, 2.05) is 27.7 Å². The number of Topliss-reactive ketones (excluding diaryl/α,β-unsaturated/α-hetero) is 1. The summed E-state index contributed by atoms with van der Waals surface area (Å²) in [7, 11) is 0. The van der Waals surface area contributed by atoms with Gasteiger partial charge in [0.25, 0.3) is 0 Å². The van der Waals surface area contributed by atoms with Crippen LogP contribution in [0.3, 0.4) is 0 Å². The highest BCUT2D eigenvalue weighted by atomic mass is 16.6. The Kier molecular flexibility index (Phi) is 3.22. The molecule has 3 N–H and O–H groups in total. The summed E-state index contributed by atoms with van der Waals surface area (Å²) in [6.45, 7) is 8.05. The van der Waals surface area contributed by atoms with Crippen molar-refractivity contribution in [1.82, 2.24) is 0 Å². The number of rotatable bonds is 1. The molecule has 0 amide bonds. The highest BCUT2D eigenvalue weighted by Crippen LogP contribution is 2.66. The second-order valence-electron chi connectivity index (χ2n) is 8.99. The third-order valence-corrected chi connectivity index (χ3v) is 6.71. The van der Waals surface area contributed by atoms with E-state index in [0.29, 0.717) is 16.7 Å². The fourth-order valence-electron chi connectivity index (χ4n) is 5.81. The van der Waals surface area contributed by atoms with Crippen molar-refractivity contribution in [3.8, 4) is 11.5 Å². The first kappa shape index (κ1) is 16.9. The number of hydrogen-bond acceptors (Lipinski definition) is 5. The number of phenolic OH excluding ortho intramolecular Hbond substituents is 2. The summed E-state index contributed by atoms with van der Waals surface area (Å²) < 4.78 is 5.74. The number of ketones is 1. The maximum atomic E-state index is 13.2. The summed E-state index contributed by atoms with van der Waals surface area (Å²) in [4.78, 5) is 13.2. The van der Waals surface area contributed by atoms with E-state index in [4.69, 9.17) is 4.74 Å². The van der Waals surface area contributed by atoms with Gasteiger partial charge in [-0.25, -0.2) is 0 Å². The molecule has 5 nitrogen and oxygen atoms in total. The van der Waals surface area contributed by atoms with Crippen molar-refractivity contribution in [2.45, 2.75) is 64.1 Å². The Labute approximate surface area is 147 Å². The zero-order chi connectivity index (χ0) is 18.4. The van der Waals surface area contributed by atoms with Gasteiger partial charge >= 0.3 is 0 Å². The van der Waals surface area contributed by atoms with Crippen LogP contribution in [0.25, 0.3) is 0 Å². The van der Waals surface area contributed by atoms with Crippen LogP contribution in [0, 0.1) is 11.3 Å². The molecule has 2 bridgehead atoms. The van der Waals surface area contributed by atoms with Crippen LogP contribution in [0.4, 0.5) is 0 Å². The molecule has 4 rings (SSSR count). The minimum atomic E-state index is -1.85. The number of ether oxygens (including phenoxy) is 1. The van der Waals surface area contributed by atoms with E-state index in [0.717, 1.165) is 19.3 Å². The van der Waals surface area contributed by atoms with Gasteiger partial charge in [-0.05, 0) is 30.2 Å². The lowest BCUT2D eigenvalue weighted by Crippen LogP contribution is -2.60. The summed E-state index contributed by atoms with van der Waals surface area (Å²) in [6, 6.07) is 1.64. The molecule has 136 valence electrons. The van der Waals surface area contributed by atoms with Crippen LogP contribution in [-0.2, 0) is 10.2 Å². The largest absolute Gasteiger partial charge is 0.504 e. The molecule has 0 radical (unpaired) electrons. The van der Waals surface area contributed by atoms with Gasteiger partial charge in [0.1, 0.15) is 0 Å². The fraction of sp³-hybridized carbons (Fsp3) is 0.650. The number of fused-ring (bicyclic) bond motifs is 1. The van der Waals surface area contributed by atoms with Gasteiger partial charge in [-0.2, -0.15) is 0 Å². The first-order valence-electron chi connectivity index (χ1n) is 9.07. The molecule has 3 unspecified atom stereocenters. The molecule has 1 aromatic rings. The summed E-state index contributed by atoms with van der Waals surface area (Å²) in [5.74, 6) is -3.21. The highest BCUT2D eigenvalue weighted by Gasteiger charge is 2.72. The van der Waals surface area contributed by atoms with Crippen molar-refractivity contribution in [2.24, 2.45) is 11.3 Å². The fourth-order valence-corrected chi connectivity index (χ4v) is 5.81. The molecule has 3 aliphatic rings. The lowest BCUT2D eigenvalue weighted by molar-refractivity contribution is -0.181. The van der Waals surface area contributed by atoms with Crippen LogP contribution >= 0.6 is 0 Å². The third-order valence-electron chi connectivity index (χ3n) is 6.71. The highest BCUT2D eigenvalue weighted by molar-refractivity contribution is 6.06. The van der Waals surface area contributed by atoms with Gasteiger partial charge in [0.15, 0.2) is 11.5 Å². The molecule has 1 saturated heterocycles. The molecule has 1 heterocycles. The van der Waals surface area contributed by atoms with Crippen LogP contribution in [0.15, 0.2) is 6.07 Å². The summed E-state index contributed by atoms with van der Waals surface area (Å²) in [5.41, 5.74) is 0.330. The maximum Gasteiger partial charge on any atom is 0.235 e. The van der Waals surface area contributed by atoms with Crippen LogP contribution in [0.5, 0.6) is 11.5 Å². The van der Waals surface area contributed by atoms with Crippen LogP contribution < -0.4 is 0 Å². The summed E-state index contributed by atoms with van der Waals surface area (Å²) in [6.07, 6.45) is 2.52. The molecule has 5 heteroatoms. The summed E-state index contributed by atoms with van der Waals surface area (Å²) in [5, 5.41) is 32.6. The predicted molar refractivity (Wildman–Crippen MR) is 91.9 cm³/mol. The smallest absolute Gasteiger partial charge is 0.235 e. The summed E-state index contributed by atoms with van der Waals surface area (Å²) >= 11 is 0. The van der Waals surface area contributed by atoms with E-state index < -0.39 is 22.9 Å². The van der Waals surface area contributed by atoms with Crippen molar-refractivity contribution >= 4 is 5.78 Å². The first-order valence-corrected chi connectivity index (χ1v) is 9.07. The van der Waals surface area contributed by atoms with E-state index >= 15 is 0 Å². The molecule has 1 aliphatic heterocycles. The van der Waals surface area contributed by atoms with Gasteiger partial charge in [0.05, 0.1) is 6.61 Å². The Balaban J connectivity index is 2.07. The van der Waals surface area contributed by atoms with Gasteiger partial charge in [-0.3, -0.25) is 4.79 Å². The number of aliphatic hydroxyl groups is 1. The molecule has 25 heavy (non-hydrogen) atoms. The monoisotopic (exact) mass is 346 g/mol. The van der Waals surface area contributed by atoms with Crippen LogP contribution in [0.1, 0.15) is 74.4 Å².